The third kappa shape index (κ3) is 4.34. The van der Waals surface area contributed by atoms with Crippen LogP contribution in [0.25, 0.3) is 0 Å². The van der Waals surface area contributed by atoms with Crippen molar-refractivity contribution in [2.24, 2.45) is 5.41 Å². The minimum absolute atomic E-state index is 0.0583. The quantitative estimate of drug-likeness (QED) is 0.832. The summed E-state index contributed by atoms with van der Waals surface area (Å²) < 4.78 is 5.11. The number of aryl methyl sites for hydroxylation is 1. The van der Waals surface area contributed by atoms with Crippen LogP contribution in [-0.2, 0) is 4.79 Å². The summed E-state index contributed by atoms with van der Waals surface area (Å²) in [6.45, 7) is 13.3. The highest BCUT2D eigenvalue weighted by atomic mass is 16.5. The lowest BCUT2D eigenvalue weighted by Crippen LogP contribution is -2.44. The van der Waals surface area contributed by atoms with Crippen molar-refractivity contribution in [3.05, 3.63) is 11.8 Å². The van der Waals surface area contributed by atoms with E-state index < -0.39 is 5.41 Å². The second-order valence-electron chi connectivity index (χ2n) is 6.58. The zero-order chi connectivity index (χ0) is 15.5. The van der Waals surface area contributed by atoms with Crippen molar-refractivity contribution in [2.45, 2.75) is 47.6 Å². The molecular formula is C15H27N3O2. The van der Waals surface area contributed by atoms with Crippen molar-refractivity contribution in [3.63, 3.8) is 0 Å². The second-order valence-corrected chi connectivity index (χ2v) is 6.58. The highest BCUT2D eigenvalue weighted by Gasteiger charge is 2.30. The molecule has 1 aromatic heterocycles. The number of amides is 1. The van der Waals surface area contributed by atoms with E-state index in [1.165, 1.54) is 0 Å². The predicted octanol–water partition coefficient (Wildman–Crippen LogP) is 2.70. The number of hydrogen-bond donors (Lipinski definition) is 0. The van der Waals surface area contributed by atoms with Crippen LogP contribution in [0.1, 0.15) is 40.4 Å². The summed E-state index contributed by atoms with van der Waals surface area (Å²) in [4.78, 5) is 16.5. The van der Waals surface area contributed by atoms with Gasteiger partial charge in [-0.15, -0.1) is 0 Å². The molecule has 0 atom stereocenters. The van der Waals surface area contributed by atoms with Gasteiger partial charge in [-0.1, -0.05) is 25.9 Å². The summed E-state index contributed by atoms with van der Waals surface area (Å²) in [5.41, 5.74) is -0.441. The molecule has 5 heteroatoms. The lowest BCUT2D eigenvalue weighted by molar-refractivity contribution is -0.125. The Balaban J connectivity index is 2.88. The Morgan fingerprint density at radius 1 is 1.35 bits per heavy atom. The minimum atomic E-state index is -0.441. The Labute approximate surface area is 121 Å². The molecule has 1 heterocycles. The van der Waals surface area contributed by atoms with Crippen LogP contribution in [0.15, 0.2) is 10.6 Å². The zero-order valence-corrected chi connectivity index (χ0v) is 13.7. The molecule has 0 unspecified atom stereocenters. The number of likely N-dealkylation sites (N-methyl/N-ethyl adjacent to an activating group) is 1. The number of nitrogens with zero attached hydrogens (tertiary/aromatic N) is 3. The molecule has 0 aliphatic rings. The maximum atomic E-state index is 12.6. The fourth-order valence-corrected chi connectivity index (χ4v) is 1.72. The van der Waals surface area contributed by atoms with Gasteiger partial charge in [0.2, 0.25) is 5.91 Å². The van der Waals surface area contributed by atoms with E-state index in [2.05, 4.69) is 31.0 Å². The Morgan fingerprint density at radius 2 is 1.95 bits per heavy atom. The lowest BCUT2D eigenvalue weighted by atomic mass is 9.94. The van der Waals surface area contributed by atoms with E-state index in [9.17, 15) is 4.79 Å². The molecule has 1 aromatic rings. The van der Waals surface area contributed by atoms with Gasteiger partial charge in [0.05, 0.1) is 0 Å². The smallest absolute Gasteiger partial charge is 0.233 e. The van der Waals surface area contributed by atoms with Gasteiger partial charge in [-0.2, -0.15) is 0 Å². The third-order valence-corrected chi connectivity index (χ3v) is 3.34. The van der Waals surface area contributed by atoms with Gasteiger partial charge in [-0.05, 0) is 27.8 Å². The Bertz CT molecular complexity index is 446. The first-order valence-electron chi connectivity index (χ1n) is 7.08. The van der Waals surface area contributed by atoms with Gasteiger partial charge >= 0.3 is 0 Å². The van der Waals surface area contributed by atoms with Crippen LogP contribution in [0, 0.1) is 12.3 Å². The molecule has 114 valence electrons. The largest absolute Gasteiger partial charge is 0.360 e. The van der Waals surface area contributed by atoms with E-state index in [0.29, 0.717) is 24.2 Å². The number of carbonyl (C=O) groups is 1. The van der Waals surface area contributed by atoms with Crippen LogP contribution in [0.5, 0.6) is 0 Å². The van der Waals surface area contributed by atoms with Gasteiger partial charge in [-0.3, -0.25) is 9.69 Å². The SMILES string of the molecule is Cc1cc(N(CCN(C)C(C)C)C(=O)C(C)(C)C)no1. The number of rotatable bonds is 5. The molecule has 1 rings (SSSR count). The maximum absolute atomic E-state index is 12.6. The number of carbonyl (C=O) groups excluding carboxylic acids is 1. The van der Waals surface area contributed by atoms with E-state index in [1.54, 1.807) is 11.0 Å². The van der Waals surface area contributed by atoms with Crippen molar-refractivity contribution in [2.75, 3.05) is 25.0 Å². The van der Waals surface area contributed by atoms with Crippen molar-refractivity contribution in [1.29, 1.82) is 0 Å². The third-order valence-electron chi connectivity index (χ3n) is 3.34. The summed E-state index contributed by atoms with van der Waals surface area (Å²) in [6, 6.07) is 2.25. The fourth-order valence-electron chi connectivity index (χ4n) is 1.72. The van der Waals surface area contributed by atoms with E-state index in [1.807, 2.05) is 27.7 Å². The Morgan fingerprint density at radius 3 is 2.35 bits per heavy atom. The van der Waals surface area contributed by atoms with Crippen molar-refractivity contribution >= 4 is 11.7 Å². The van der Waals surface area contributed by atoms with Gasteiger partial charge in [0.15, 0.2) is 5.82 Å². The monoisotopic (exact) mass is 281 g/mol. The lowest BCUT2D eigenvalue weighted by Gasteiger charge is -2.30. The molecule has 0 saturated carbocycles. The van der Waals surface area contributed by atoms with Crippen LogP contribution in [0.4, 0.5) is 5.82 Å². The first-order chi connectivity index (χ1) is 9.12. The standard InChI is InChI=1S/C15H27N3O2/c1-11(2)17(7)8-9-18(14(19)15(4,5)6)13-10-12(3)20-16-13/h10-11H,8-9H2,1-7H3. The first kappa shape index (κ1) is 16.7. The topological polar surface area (TPSA) is 49.6 Å². The summed E-state index contributed by atoms with van der Waals surface area (Å²) in [5.74, 6) is 1.37. The molecule has 0 aromatic carbocycles. The molecule has 0 spiro atoms. The molecule has 1 amide bonds. The van der Waals surface area contributed by atoms with Gasteiger partial charge in [-0.25, -0.2) is 0 Å². The van der Waals surface area contributed by atoms with Crippen LogP contribution in [-0.4, -0.2) is 42.1 Å². The van der Waals surface area contributed by atoms with Crippen LogP contribution in [0.2, 0.25) is 0 Å². The summed E-state index contributed by atoms with van der Waals surface area (Å²) >= 11 is 0. The predicted molar refractivity (Wildman–Crippen MR) is 80.8 cm³/mol. The summed E-state index contributed by atoms with van der Waals surface area (Å²) in [5, 5.41) is 3.99. The summed E-state index contributed by atoms with van der Waals surface area (Å²) in [6.07, 6.45) is 0. The maximum Gasteiger partial charge on any atom is 0.233 e. The second kappa shape index (κ2) is 6.39. The Kier molecular flexibility index (Phi) is 5.34. The molecular weight excluding hydrogens is 254 g/mol. The molecule has 0 saturated heterocycles. The van der Waals surface area contributed by atoms with Crippen LogP contribution >= 0.6 is 0 Å². The summed E-state index contributed by atoms with van der Waals surface area (Å²) in [7, 11) is 2.05. The number of aromatic nitrogens is 1. The molecule has 0 radical (unpaired) electrons. The normalized spacial score (nSPS) is 12.2. The van der Waals surface area contributed by atoms with E-state index in [4.69, 9.17) is 4.52 Å². The van der Waals surface area contributed by atoms with Crippen molar-refractivity contribution in [1.82, 2.24) is 10.1 Å². The molecule has 0 N–H and O–H groups in total. The highest BCUT2D eigenvalue weighted by molar-refractivity contribution is 5.96. The van der Waals surface area contributed by atoms with Gasteiger partial charge in [0, 0.05) is 30.6 Å². The number of anilines is 1. The molecule has 0 fully saturated rings. The molecule has 5 nitrogen and oxygen atoms in total. The van der Waals surface area contributed by atoms with Gasteiger partial charge in [0.25, 0.3) is 0 Å². The molecule has 20 heavy (non-hydrogen) atoms. The van der Waals surface area contributed by atoms with Crippen molar-refractivity contribution in [3.8, 4) is 0 Å². The molecule has 0 aliphatic carbocycles. The molecule has 0 aliphatic heterocycles. The average Bonchev–Trinajstić information content (AvgIpc) is 2.74. The Hall–Kier alpha value is -1.36. The van der Waals surface area contributed by atoms with Crippen LogP contribution < -0.4 is 4.90 Å². The van der Waals surface area contributed by atoms with Gasteiger partial charge < -0.3 is 9.42 Å². The van der Waals surface area contributed by atoms with Crippen molar-refractivity contribution < 1.29 is 9.32 Å². The minimum Gasteiger partial charge on any atom is -0.360 e. The first-order valence-corrected chi connectivity index (χ1v) is 7.08. The number of hydrogen-bond acceptors (Lipinski definition) is 4. The van der Waals surface area contributed by atoms with E-state index in [-0.39, 0.29) is 5.91 Å². The van der Waals surface area contributed by atoms with Crippen LogP contribution in [0.3, 0.4) is 0 Å². The molecule has 0 bridgehead atoms. The zero-order valence-electron chi connectivity index (χ0n) is 13.7. The van der Waals surface area contributed by atoms with Gasteiger partial charge in [0.1, 0.15) is 5.76 Å². The average molecular weight is 281 g/mol. The fraction of sp³-hybridized carbons (Fsp3) is 0.733. The van der Waals surface area contributed by atoms with E-state index >= 15 is 0 Å². The van der Waals surface area contributed by atoms with E-state index in [0.717, 1.165) is 6.54 Å². The highest BCUT2D eigenvalue weighted by Crippen LogP contribution is 2.23.